The Bertz CT molecular complexity index is 1080. The van der Waals surface area contributed by atoms with E-state index in [2.05, 4.69) is 57.2 Å². The SMILES string of the molecule is CCCCCCO/N=C(\C(=O)Nc1ccc(C(=O)O)cc1)c1ccc2c(c1)C(C)(C)CCC2(C)C. The predicted molar refractivity (Wildman–Crippen MR) is 140 cm³/mol. The van der Waals surface area contributed by atoms with Crippen molar-refractivity contribution in [3.63, 3.8) is 0 Å². The molecular formula is C29H38N2O4. The Balaban J connectivity index is 1.91. The molecule has 2 aromatic rings. The number of carbonyl (C=O) groups is 2. The third-order valence-electron chi connectivity index (χ3n) is 6.98. The molecule has 188 valence electrons. The number of benzene rings is 2. The number of amides is 1. The first-order chi connectivity index (χ1) is 16.5. The van der Waals surface area contributed by atoms with Crippen LogP contribution in [-0.2, 0) is 20.5 Å². The third-order valence-corrected chi connectivity index (χ3v) is 6.98. The lowest BCUT2D eigenvalue weighted by Crippen LogP contribution is -2.34. The highest BCUT2D eigenvalue weighted by Gasteiger charge is 2.37. The summed E-state index contributed by atoms with van der Waals surface area (Å²) in [4.78, 5) is 30.0. The highest BCUT2D eigenvalue weighted by molar-refractivity contribution is 6.48. The van der Waals surface area contributed by atoms with E-state index in [4.69, 9.17) is 9.94 Å². The Morgan fingerprint density at radius 3 is 2.17 bits per heavy atom. The molecule has 0 unspecified atom stereocenters. The highest BCUT2D eigenvalue weighted by Crippen LogP contribution is 2.46. The molecule has 0 aromatic heterocycles. The molecular weight excluding hydrogens is 440 g/mol. The van der Waals surface area contributed by atoms with Gasteiger partial charge in [0.2, 0.25) is 0 Å². The lowest BCUT2D eigenvalue weighted by atomic mass is 9.63. The fourth-order valence-electron chi connectivity index (χ4n) is 4.55. The van der Waals surface area contributed by atoms with Gasteiger partial charge in [-0.1, -0.05) is 64.7 Å². The number of hydrogen-bond donors (Lipinski definition) is 2. The van der Waals surface area contributed by atoms with Crippen molar-refractivity contribution in [2.75, 3.05) is 11.9 Å². The highest BCUT2D eigenvalue weighted by atomic mass is 16.6. The number of rotatable bonds is 10. The summed E-state index contributed by atoms with van der Waals surface area (Å²) >= 11 is 0. The zero-order valence-corrected chi connectivity index (χ0v) is 21.6. The molecule has 1 amide bonds. The molecule has 1 aliphatic carbocycles. The van der Waals surface area contributed by atoms with Crippen LogP contribution in [0.2, 0.25) is 0 Å². The standard InChI is InChI=1S/C29H38N2O4/c1-6-7-8-9-18-35-31-25(26(32)30-22-13-10-20(11-14-22)27(33)34)21-12-15-23-24(19-21)29(4,5)17-16-28(23,2)3/h10-15,19H,6-9,16-18H2,1-5H3,(H,30,32)(H,33,34)/b31-25-. The molecule has 0 saturated carbocycles. The van der Waals surface area contributed by atoms with Crippen LogP contribution in [-0.4, -0.2) is 29.3 Å². The van der Waals surface area contributed by atoms with Crippen LogP contribution in [0.4, 0.5) is 5.69 Å². The van der Waals surface area contributed by atoms with Gasteiger partial charge in [0, 0.05) is 11.3 Å². The Hall–Kier alpha value is -3.15. The van der Waals surface area contributed by atoms with Crippen molar-refractivity contribution >= 4 is 23.3 Å². The van der Waals surface area contributed by atoms with Gasteiger partial charge in [-0.05, 0) is 78.0 Å². The number of nitrogens with zero attached hydrogens (tertiary/aromatic N) is 1. The van der Waals surface area contributed by atoms with Crippen LogP contribution in [0.15, 0.2) is 47.6 Å². The number of aromatic carboxylic acids is 1. The number of carboxylic acids is 1. The first-order valence-corrected chi connectivity index (χ1v) is 12.6. The molecule has 6 heteroatoms. The van der Waals surface area contributed by atoms with Crippen molar-refractivity contribution in [1.82, 2.24) is 0 Å². The van der Waals surface area contributed by atoms with E-state index in [0.29, 0.717) is 17.9 Å². The topological polar surface area (TPSA) is 88.0 Å². The fourth-order valence-corrected chi connectivity index (χ4v) is 4.55. The summed E-state index contributed by atoms with van der Waals surface area (Å²) in [6, 6.07) is 12.2. The smallest absolute Gasteiger partial charge is 0.335 e. The third kappa shape index (κ3) is 6.50. The largest absolute Gasteiger partial charge is 0.478 e. The summed E-state index contributed by atoms with van der Waals surface area (Å²) in [5.74, 6) is -1.41. The maximum Gasteiger partial charge on any atom is 0.335 e. The van der Waals surface area contributed by atoms with Crippen LogP contribution in [0, 0.1) is 0 Å². The minimum absolute atomic E-state index is 0.00385. The Kier molecular flexibility index (Phi) is 8.36. The van der Waals surface area contributed by atoms with E-state index in [1.165, 1.54) is 23.3 Å². The number of fused-ring (bicyclic) bond motifs is 1. The number of hydrogen-bond acceptors (Lipinski definition) is 4. The van der Waals surface area contributed by atoms with E-state index in [1.807, 2.05) is 6.07 Å². The van der Waals surface area contributed by atoms with Crippen molar-refractivity contribution in [3.8, 4) is 0 Å². The first kappa shape index (κ1) is 26.5. The summed E-state index contributed by atoms with van der Waals surface area (Å²) in [5.41, 5.74) is 4.19. The Morgan fingerprint density at radius 1 is 0.914 bits per heavy atom. The lowest BCUT2D eigenvalue weighted by Gasteiger charge is -2.42. The molecule has 1 aliphatic rings. The molecule has 6 nitrogen and oxygen atoms in total. The molecule has 0 fully saturated rings. The van der Waals surface area contributed by atoms with E-state index in [0.717, 1.165) is 38.5 Å². The van der Waals surface area contributed by atoms with Crippen LogP contribution in [0.1, 0.15) is 100 Å². The summed E-state index contributed by atoms with van der Waals surface area (Å²) in [5, 5.41) is 16.2. The van der Waals surface area contributed by atoms with E-state index in [-0.39, 0.29) is 22.1 Å². The van der Waals surface area contributed by atoms with Crippen LogP contribution >= 0.6 is 0 Å². The van der Waals surface area contributed by atoms with Gasteiger partial charge in [0.05, 0.1) is 5.56 Å². The van der Waals surface area contributed by atoms with Gasteiger partial charge in [-0.2, -0.15) is 0 Å². The minimum atomic E-state index is -1.01. The van der Waals surface area contributed by atoms with E-state index in [9.17, 15) is 9.59 Å². The van der Waals surface area contributed by atoms with Gasteiger partial charge in [0.15, 0.2) is 5.71 Å². The van der Waals surface area contributed by atoms with E-state index < -0.39 is 11.9 Å². The molecule has 0 atom stereocenters. The second-order valence-electron chi connectivity index (χ2n) is 10.7. The van der Waals surface area contributed by atoms with Crippen LogP contribution in [0.25, 0.3) is 0 Å². The molecule has 35 heavy (non-hydrogen) atoms. The Labute approximate surface area is 208 Å². The van der Waals surface area contributed by atoms with Gasteiger partial charge in [-0.25, -0.2) is 4.79 Å². The molecule has 0 heterocycles. The maximum absolute atomic E-state index is 13.3. The molecule has 0 saturated heterocycles. The summed E-state index contributed by atoms with van der Waals surface area (Å²) in [7, 11) is 0. The summed E-state index contributed by atoms with van der Waals surface area (Å²) < 4.78 is 0. The molecule has 0 bridgehead atoms. The second-order valence-corrected chi connectivity index (χ2v) is 10.7. The minimum Gasteiger partial charge on any atom is -0.478 e. The number of carboxylic acid groups (broad SMARTS) is 1. The van der Waals surface area contributed by atoms with Crippen molar-refractivity contribution < 1.29 is 19.5 Å². The number of anilines is 1. The van der Waals surface area contributed by atoms with Gasteiger partial charge in [-0.3, -0.25) is 4.79 Å². The van der Waals surface area contributed by atoms with Crippen LogP contribution < -0.4 is 5.32 Å². The average Bonchev–Trinajstić information content (AvgIpc) is 2.82. The monoisotopic (exact) mass is 478 g/mol. The van der Waals surface area contributed by atoms with E-state index >= 15 is 0 Å². The number of unbranched alkanes of at least 4 members (excludes halogenated alkanes) is 3. The molecule has 3 rings (SSSR count). The number of oxime groups is 1. The molecule has 0 spiro atoms. The van der Waals surface area contributed by atoms with Gasteiger partial charge < -0.3 is 15.3 Å². The lowest BCUT2D eigenvalue weighted by molar-refractivity contribution is -0.110. The number of carbonyl (C=O) groups excluding carboxylic acids is 1. The summed E-state index contributed by atoms with van der Waals surface area (Å²) in [6.45, 7) is 11.6. The summed E-state index contributed by atoms with van der Waals surface area (Å²) in [6.07, 6.45) is 6.40. The van der Waals surface area contributed by atoms with Gasteiger partial charge >= 0.3 is 5.97 Å². The van der Waals surface area contributed by atoms with Crippen molar-refractivity contribution in [1.29, 1.82) is 0 Å². The van der Waals surface area contributed by atoms with Crippen molar-refractivity contribution in [3.05, 3.63) is 64.7 Å². The predicted octanol–water partition coefficient (Wildman–Crippen LogP) is 6.67. The fraction of sp³-hybridized carbons (Fsp3) is 0.483. The van der Waals surface area contributed by atoms with Gasteiger partial charge in [-0.15, -0.1) is 0 Å². The number of nitrogens with one attached hydrogen (secondary N) is 1. The Morgan fingerprint density at radius 2 is 1.54 bits per heavy atom. The normalized spacial score (nSPS) is 16.3. The zero-order valence-electron chi connectivity index (χ0n) is 21.6. The van der Waals surface area contributed by atoms with Gasteiger partial charge in [0.1, 0.15) is 6.61 Å². The average molecular weight is 479 g/mol. The van der Waals surface area contributed by atoms with Gasteiger partial charge in [0.25, 0.3) is 5.91 Å². The zero-order chi connectivity index (χ0) is 25.6. The quantitative estimate of drug-likeness (QED) is 0.227. The molecule has 0 radical (unpaired) electrons. The second kappa shape index (κ2) is 11.1. The van der Waals surface area contributed by atoms with Crippen molar-refractivity contribution in [2.45, 2.75) is 84.0 Å². The molecule has 0 aliphatic heterocycles. The molecule has 2 N–H and O–H groups in total. The maximum atomic E-state index is 13.3. The molecule has 2 aromatic carbocycles. The van der Waals surface area contributed by atoms with E-state index in [1.54, 1.807) is 12.1 Å². The van der Waals surface area contributed by atoms with Crippen molar-refractivity contribution in [2.24, 2.45) is 5.16 Å². The van der Waals surface area contributed by atoms with Crippen LogP contribution in [0.3, 0.4) is 0 Å². The van der Waals surface area contributed by atoms with Crippen LogP contribution in [0.5, 0.6) is 0 Å². The first-order valence-electron chi connectivity index (χ1n) is 12.6.